The van der Waals surface area contributed by atoms with Crippen LogP contribution in [0.3, 0.4) is 0 Å². The standard InChI is InChI=1S/C11H15ClN2O3S/c1-8-6-14(7-9(2)17-8)18(15,16)10-4-3-5-13-11(10)12/h3-5,8-9H,6-7H2,1-2H3. The molecule has 1 aromatic heterocycles. The first-order chi connectivity index (χ1) is 8.41. The minimum absolute atomic E-state index is 0.00398. The first-order valence-electron chi connectivity index (χ1n) is 5.67. The van der Waals surface area contributed by atoms with E-state index in [1.165, 1.54) is 16.6 Å². The molecule has 0 aliphatic carbocycles. The van der Waals surface area contributed by atoms with Crippen molar-refractivity contribution in [2.45, 2.75) is 31.0 Å². The van der Waals surface area contributed by atoms with Crippen LogP contribution in [0, 0.1) is 0 Å². The molecule has 1 aliphatic heterocycles. The number of rotatable bonds is 2. The predicted octanol–water partition coefficient (Wildman–Crippen LogP) is 1.53. The molecule has 2 rings (SSSR count). The zero-order valence-corrected chi connectivity index (χ0v) is 11.8. The number of halogens is 1. The van der Waals surface area contributed by atoms with Gasteiger partial charge in [-0.3, -0.25) is 0 Å². The number of hydrogen-bond acceptors (Lipinski definition) is 4. The van der Waals surface area contributed by atoms with Gasteiger partial charge in [-0.25, -0.2) is 13.4 Å². The van der Waals surface area contributed by atoms with E-state index in [9.17, 15) is 8.42 Å². The Labute approximate surface area is 112 Å². The average molecular weight is 291 g/mol. The molecule has 7 heteroatoms. The molecule has 2 atom stereocenters. The first kappa shape index (κ1) is 13.7. The normalized spacial score (nSPS) is 26.2. The molecule has 0 spiro atoms. The fourth-order valence-corrected chi connectivity index (χ4v) is 4.05. The molecule has 0 aromatic carbocycles. The summed E-state index contributed by atoms with van der Waals surface area (Å²) < 4.78 is 31.8. The maximum atomic E-state index is 12.4. The van der Waals surface area contributed by atoms with Crippen molar-refractivity contribution in [1.29, 1.82) is 0 Å². The van der Waals surface area contributed by atoms with Gasteiger partial charge >= 0.3 is 0 Å². The van der Waals surface area contributed by atoms with Crippen LogP contribution in [0.1, 0.15) is 13.8 Å². The molecule has 18 heavy (non-hydrogen) atoms. The summed E-state index contributed by atoms with van der Waals surface area (Å²) in [6.07, 6.45) is 1.21. The molecule has 5 nitrogen and oxygen atoms in total. The summed E-state index contributed by atoms with van der Waals surface area (Å²) >= 11 is 5.85. The number of ether oxygens (including phenoxy) is 1. The Morgan fingerprint density at radius 1 is 1.39 bits per heavy atom. The molecule has 2 unspecified atom stereocenters. The third-order valence-corrected chi connectivity index (χ3v) is 5.01. The Morgan fingerprint density at radius 2 is 2.00 bits per heavy atom. The highest BCUT2D eigenvalue weighted by Gasteiger charge is 2.33. The molecule has 2 heterocycles. The number of pyridine rings is 1. The van der Waals surface area contributed by atoms with E-state index in [4.69, 9.17) is 16.3 Å². The Balaban J connectivity index is 2.34. The van der Waals surface area contributed by atoms with Crippen molar-refractivity contribution in [3.8, 4) is 0 Å². The van der Waals surface area contributed by atoms with Gasteiger partial charge in [-0.1, -0.05) is 11.6 Å². The Hall–Kier alpha value is -0.690. The van der Waals surface area contributed by atoms with Gasteiger partial charge in [0, 0.05) is 19.3 Å². The van der Waals surface area contributed by atoms with Gasteiger partial charge in [0.25, 0.3) is 0 Å². The number of morpholine rings is 1. The monoisotopic (exact) mass is 290 g/mol. The van der Waals surface area contributed by atoms with Gasteiger partial charge in [0.15, 0.2) is 0 Å². The highest BCUT2D eigenvalue weighted by Crippen LogP contribution is 2.25. The van der Waals surface area contributed by atoms with E-state index < -0.39 is 10.0 Å². The van der Waals surface area contributed by atoms with Gasteiger partial charge < -0.3 is 4.74 Å². The van der Waals surface area contributed by atoms with Crippen LogP contribution >= 0.6 is 11.6 Å². The SMILES string of the molecule is CC1CN(S(=O)(=O)c2cccnc2Cl)CC(C)O1. The summed E-state index contributed by atoms with van der Waals surface area (Å²) in [6.45, 7) is 4.36. The van der Waals surface area contributed by atoms with Crippen molar-refractivity contribution in [1.82, 2.24) is 9.29 Å². The fraction of sp³-hybridized carbons (Fsp3) is 0.545. The van der Waals surface area contributed by atoms with Gasteiger partial charge in [0.1, 0.15) is 10.0 Å². The van der Waals surface area contributed by atoms with Crippen LogP contribution in [0.25, 0.3) is 0 Å². The highest BCUT2D eigenvalue weighted by molar-refractivity contribution is 7.89. The van der Waals surface area contributed by atoms with Gasteiger partial charge in [-0.15, -0.1) is 0 Å². The van der Waals surface area contributed by atoms with Crippen LogP contribution in [-0.4, -0.2) is 43.0 Å². The average Bonchev–Trinajstić information content (AvgIpc) is 2.28. The number of hydrogen-bond donors (Lipinski definition) is 0. The van der Waals surface area contributed by atoms with Crippen molar-refractivity contribution in [3.05, 3.63) is 23.5 Å². The van der Waals surface area contributed by atoms with Gasteiger partial charge in [0.2, 0.25) is 10.0 Å². The number of aromatic nitrogens is 1. The number of sulfonamides is 1. The summed E-state index contributed by atoms with van der Waals surface area (Å²) in [5, 5.41) is 0.00398. The summed E-state index contributed by atoms with van der Waals surface area (Å²) in [6, 6.07) is 3.03. The maximum Gasteiger partial charge on any atom is 0.246 e. The lowest BCUT2D eigenvalue weighted by molar-refractivity contribution is -0.0440. The molecular weight excluding hydrogens is 276 g/mol. The van der Waals surface area contributed by atoms with E-state index >= 15 is 0 Å². The summed E-state index contributed by atoms with van der Waals surface area (Å²) in [4.78, 5) is 3.86. The zero-order valence-electron chi connectivity index (χ0n) is 10.2. The van der Waals surface area contributed by atoms with Crippen molar-refractivity contribution >= 4 is 21.6 Å². The molecule has 1 aromatic rings. The molecule has 1 fully saturated rings. The topological polar surface area (TPSA) is 59.5 Å². The molecule has 0 bridgehead atoms. The fourth-order valence-electron chi connectivity index (χ4n) is 2.03. The van der Waals surface area contributed by atoms with E-state index in [1.54, 1.807) is 6.07 Å². The lowest BCUT2D eigenvalue weighted by Crippen LogP contribution is -2.48. The Kier molecular flexibility index (Phi) is 3.91. The first-order valence-corrected chi connectivity index (χ1v) is 7.49. The molecular formula is C11H15ClN2O3S. The second-order valence-electron chi connectivity index (χ2n) is 4.37. The molecule has 0 saturated carbocycles. The van der Waals surface area contributed by atoms with E-state index in [0.717, 1.165) is 0 Å². The van der Waals surface area contributed by atoms with E-state index in [1.807, 2.05) is 13.8 Å². The smallest absolute Gasteiger partial charge is 0.246 e. The zero-order chi connectivity index (χ0) is 13.3. The summed E-state index contributed by atoms with van der Waals surface area (Å²) in [5.41, 5.74) is 0. The molecule has 0 amide bonds. The van der Waals surface area contributed by atoms with Crippen LogP contribution < -0.4 is 0 Å². The van der Waals surface area contributed by atoms with E-state index in [-0.39, 0.29) is 22.3 Å². The largest absolute Gasteiger partial charge is 0.373 e. The maximum absolute atomic E-state index is 12.4. The molecule has 0 radical (unpaired) electrons. The van der Waals surface area contributed by atoms with Crippen molar-refractivity contribution < 1.29 is 13.2 Å². The van der Waals surface area contributed by atoms with Crippen LogP contribution in [0.2, 0.25) is 5.15 Å². The Bertz CT molecular complexity index is 525. The van der Waals surface area contributed by atoms with Gasteiger partial charge in [0.05, 0.1) is 12.2 Å². The second kappa shape index (κ2) is 5.13. The number of nitrogens with zero attached hydrogens (tertiary/aromatic N) is 2. The molecule has 100 valence electrons. The lowest BCUT2D eigenvalue weighted by Gasteiger charge is -2.34. The minimum Gasteiger partial charge on any atom is -0.373 e. The summed E-state index contributed by atoms with van der Waals surface area (Å²) in [7, 11) is -3.60. The van der Waals surface area contributed by atoms with Crippen molar-refractivity contribution in [2.75, 3.05) is 13.1 Å². The Morgan fingerprint density at radius 3 is 2.56 bits per heavy atom. The minimum atomic E-state index is -3.60. The lowest BCUT2D eigenvalue weighted by atomic mass is 10.3. The van der Waals surface area contributed by atoms with Crippen molar-refractivity contribution in [3.63, 3.8) is 0 Å². The van der Waals surface area contributed by atoms with Crippen LogP contribution in [0.15, 0.2) is 23.2 Å². The predicted molar refractivity (Wildman–Crippen MR) is 68.0 cm³/mol. The second-order valence-corrected chi connectivity index (χ2v) is 6.64. The van der Waals surface area contributed by atoms with E-state index in [0.29, 0.717) is 13.1 Å². The van der Waals surface area contributed by atoms with Gasteiger partial charge in [-0.2, -0.15) is 4.31 Å². The van der Waals surface area contributed by atoms with Crippen LogP contribution in [0.5, 0.6) is 0 Å². The molecule has 1 saturated heterocycles. The molecule has 1 aliphatic rings. The van der Waals surface area contributed by atoms with Crippen LogP contribution in [-0.2, 0) is 14.8 Å². The quantitative estimate of drug-likeness (QED) is 0.775. The van der Waals surface area contributed by atoms with Crippen molar-refractivity contribution in [2.24, 2.45) is 0 Å². The molecule has 0 N–H and O–H groups in total. The van der Waals surface area contributed by atoms with Gasteiger partial charge in [-0.05, 0) is 26.0 Å². The third kappa shape index (κ3) is 2.66. The van der Waals surface area contributed by atoms with E-state index in [2.05, 4.69) is 4.98 Å². The third-order valence-electron chi connectivity index (χ3n) is 2.73. The summed E-state index contributed by atoms with van der Waals surface area (Å²) in [5.74, 6) is 0. The van der Waals surface area contributed by atoms with Crippen LogP contribution in [0.4, 0.5) is 0 Å². The highest BCUT2D eigenvalue weighted by atomic mass is 35.5.